The number of carbonyl (C=O) groups is 2. The van der Waals surface area contributed by atoms with Gasteiger partial charge in [0.2, 0.25) is 11.8 Å². The monoisotopic (exact) mass is 245 g/mol. The number of nitrogens with zero attached hydrogens (tertiary/aromatic N) is 3. The van der Waals surface area contributed by atoms with Crippen molar-refractivity contribution in [2.45, 2.75) is 6.04 Å². The highest BCUT2D eigenvalue weighted by Crippen LogP contribution is 2.34. The van der Waals surface area contributed by atoms with E-state index in [9.17, 15) is 9.59 Å². The van der Waals surface area contributed by atoms with E-state index in [2.05, 4.69) is 0 Å². The second-order valence-electron chi connectivity index (χ2n) is 4.78. The summed E-state index contributed by atoms with van der Waals surface area (Å²) in [6.45, 7) is 0.570. The number of benzene rings is 1. The maximum absolute atomic E-state index is 12.0. The zero-order valence-electron chi connectivity index (χ0n) is 10.4. The van der Waals surface area contributed by atoms with Crippen LogP contribution in [0.1, 0.15) is 0 Å². The Labute approximate surface area is 106 Å². The van der Waals surface area contributed by atoms with Gasteiger partial charge >= 0.3 is 0 Å². The molecule has 2 aliphatic rings. The lowest BCUT2D eigenvalue weighted by Gasteiger charge is -2.29. The molecule has 5 nitrogen and oxygen atoms in total. The largest absolute Gasteiger partial charge is 0.304 e. The molecule has 0 N–H and O–H groups in total. The molecule has 0 aromatic heterocycles. The Morgan fingerprint density at radius 2 is 1.72 bits per heavy atom. The lowest BCUT2D eigenvalue weighted by Crippen LogP contribution is -2.44. The molecule has 0 spiro atoms. The van der Waals surface area contributed by atoms with Crippen LogP contribution < -0.4 is 5.01 Å². The highest BCUT2D eigenvalue weighted by Gasteiger charge is 2.54. The SMILES string of the molecule is CN1C(=O)C2CN(c3ccccc3)N(C)C2C1=O. The van der Waals surface area contributed by atoms with Gasteiger partial charge in [-0.15, -0.1) is 0 Å². The third-order valence-electron chi connectivity index (χ3n) is 3.82. The molecule has 0 saturated carbocycles. The highest BCUT2D eigenvalue weighted by atomic mass is 16.2. The molecule has 5 heteroatoms. The lowest BCUT2D eigenvalue weighted by atomic mass is 10.1. The molecule has 0 aliphatic carbocycles. The number of carbonyl (C=O) groups excluding carboxylic acids is 2. The van der Waals surface area contributed by atoms with Gasteiger partial charge in [0.25, 0.3) is 0 Å². The fourth-order valence-corrected chi connectivity index (χ4v) is 2.81. The number of hydrogen-bond donors (Lipinski definition) is 0. The van der Waals surface area contributed by atoms with Gasteiger partial charge in [-0.25, -0.2) is 5.01 Å². The van der Waals surface area contributed by atoms with E-state index >= 15 is 0 Å². The Morgan fingerprint density at radius 3 is 2.33 bits per heavy atom. The number of hydrazine groups is 1. The summed E-state index contributed by atoms with van der Waals surface area (Å²) in [7, 11) is 3.42. The van der Waals surface area contributed by atoms with Gasteiger partial charge in [-0.1, -0.05) is 18.2 Å². The lowest BCUT2D eigenvalue weighted by molar-refractivity contribution is -0.138. The van der Waals surface area contributed by atoms with E-state index in [1.807, 2.05) is 47.4 Å². The molecule has 0 bridgehead atoms. The molecule has 3 rings (SSSR count). The second-order valence-corrected chi connectivity index (χ2v) is 4.78. The quantitative estimate of drug-likeness (QED) is 0.669. The Morgan fingerprint density at radius 1 is 1.06 bits per heavy atom. The van der Waals surface area contributed by atoms with Crippen molar-refractivity contribution in [3.8, 4) is 0 Å². The van der Waals surface area contributed by atoms with Gasteiger partial charge in [-0.3, -0.25) is 14.5 Å². The van der Waals surface area contributed by atoms with E-state index in [1.165, 1.54) is 4.90 Å². The molecule has 0 radical (unpaired) electrons. The molecule has 2 amide bonds. The van der Waals surface area contributed by atoms with Crippen molar-refractivity contribution in [2.24, 2.45) is 5.92 Å². The molecule has 2 unspecified atom stereocenters. The normalized spacial score (nSPS) is 28.1. The second kappa shape index (κ2) is 3.81. The van der Waals surface area contributed by atoms with E-state index in [-0.39, 0.29) is 23.8 Å². The number of para-hydroxylation sites is 1. The third kappa shape index (κ3) is 1.37. The predicted molar refractivity (Wildman–Crippen MR) is 66.6 cm³/mol. The van der Waals surface area contributed by atoms with E-state index < -0.39 is 0 Å². The summed E-state index contributed by atoms with van der Waals surface area (Å²) in [6.07, 6.45) is 0. The topological polar surface area (TPSA) is 43.9 Å². The maximum atomic E-state index is 12.0. The standard InChI is InChI=1S/C13H15N3O2/c1-14-12(17)10-8-16(9-6-4-3-5-7-9)15(2)11(10)13(14)18/h3-7,10-11H,8H2,1-2H3. The van der Waals surface area contributed by atoms with Crippen molar-refractivity contribution in [1.82, 2.24) is 9.91 Å². The molecule has 18 heavy (non-hydrogen) atoms. The Hall–Kier alpha value is -1.88. The zero-order valence-corrected chi connectivity index (χ0v) is 10.4. The van der Waals surface area contributed by atoms with Crippen molar-refractivity contribution >= 4 is 17.5 Å². The molecular weight excluding hydrogens is 230 g/mol. The van der Waals surface area contributed by atoms with Crippen LogP contribution in [0.15, 0.2) is 30.3 Å². The van der Waals surface area contributed by atoms with Gasteiger partial charge in [0.05, 0.1) is 11.6 Å². The van der Waals surface area contributed by atoms with Crippen LogP contribution in [0, 0.1) is 5.92 Å². The van der Waals surface area contributed by atoms with Crippen LogP contribution in [0.4, 0.5) is 5.69 Å². The van der Waals surface area contributed by atoms with Gasteiger partial charge in [0.15, 0.2) is 0 Å². The summed E-state index contributed by atoms with van der Waals surface area (Å²) in [4.78, 5) is 25.2. The molecule has 1 aromatic carbocycles. The number of anilines is 1. The zero-order chi connectivity index (χ0) is 12.9. The summed E-state index contributed by atoms with van der Waals surface area (Å²) in [5.41, 5.74) is 1.01. The van der Waals surface area contributed by atoms with Crippen molar-refractivity contribution < 1.29 is 9.59 Å². The van der Waals surface area contributed by atoms with Gasteiger partial charge in [-0.05, 0) is 12.1 Å². The van der Waals surface area contributed by atoms with Crippen molar-refractivity contribution in [3.63, 3.8) is 0 Å². The third-order valence-corrected chi connectivity index (χ3v) is 3.82. The van der Waals surface area contributed by atoms with Crippen LogP contribution in [0.2, 0.25) is 0 Å². The first-order chi connectivity index (χ1) is 8.61. The first-order valence-electron chi connectivity index (χ1n) is 5.98. The van der Waals surface area contributed by atoms with Crippen LogP contribution >= 0.6 is 0 Å². The summed E-state index contributed by atoms with van der Waals surface area (Å²) in [5, 5.41) is 3.88. The number of amides is 2. The number of imide groups is 1. The first-order valence-corrected chi connectivity index (χ1v) is 5.98. The van der Waals surface area contributed by atoms with E-state index in [0.29, 0.717) is 6.54 Å². The van der Waals surface area contributed by atoms with Gasteiger partial charge < -0.3 is 5.01 Å². The van der Waals surface area contributed by atoms with Crippen LogP contribution in [-0.4, -0.2) is 48.4 Å². The van der Waals surface area contributed by atoms with Gasteiger partial charge in [-0.2, -0.15) is 0 Å². The Balaban J connectivity index is 1.93. The van der Waals surface area contributed by atoms with Crippen molar-refractivity contribution in [2.75, 3.05) is 25.6 Å². The number of likely N-dealkylation sites (tertiary alicyclic amines) is 1. The van der Waals surface area contributed by atoms with Crippen LogP contribution in [0.25, 0.3) is 0 Å². The number of fused-ring (bicyclic) bond motifs is 1. The average molecular weight is 245 g/mol. The number of hydrogen-bond acceptors (Lipinski definition) is 4. The molecule has 2 heterocycles. The van der Waals surface area contributed by atoms with Crippen molar-refractivity contribution in [1.29, 1.82) is 0 Å². The predicted octanol–water partition coefficient (Wildman–Crippen LogP) is 0.337. The number of rotatable bonds is 1. The molecule has 2 fully saturated rings. The molecule has 2 saturated heterocycles. The van der Waals surface area contributed by atoms with Gasteiger partial charge in [0.1, 0.15) is 6.04 Å². The fourth-order valence-electron chi connectivity index (χ4n) is 2.81. The number of likely N-dealkylation sites (N-methyl/N-ethyl adjacent to an activating group) is 2. The Bertz CT molecular complexity index is 502. The Kier molecular flexibility index (Phi) is 2.38. The molecular formula is C13H15N3O2. The van der Waals surface area contributed by atoms with E-state index in [0.717, 1.165) is 5.69 Å². The minimum atomic E-state index is -0.345. The maximum Gasteiger partial charge on any atom is 0.249 e. The minimum Gasteiger partial charge on any atom is -0.304 e. The fraction of sp³-hybridized carbons (Fsp3) is 0.385. The van der Waals surface area contributed by atoms with Crippen LogP contribution in [0.5, 0.6) is 0 Å². The van der Waals surface area contributed by atoms with Gasteiger partial charge in [0, 0.05) is 20.6 Å². The van der Waals surface area contributed by atoms with E-state index in [4.69, 9.17) is 0 Å². The minimum absolute atomic E-state index is 0.0738. The average Bonchev–Trinajstić information content (AvgIpc) is 2.84. The summed E-state index contributed by atoms with van der Waals surface area (Å²) in [5.74, 6) is -0.422. The van der Waals surface area contributed by atoms with Crippen molar-refractivity contribution in [3.05, 3.63) is 30.3 Å². The summed E-state index contributed by atoms with van der Waals surface area (Å²) in [6, 6.07) is 9.47. The molecule has 94 valence electrons. The highest BCUT2D eigenvalue weighted by molar-refractivity contribution is 6.07. The summed E-state index contributed by atoms with van der Waals surface area (Å²) >= 11 is 0. The first kappa shape index (κ1) is 11.2. The molecule has 2 aliphatic heterocycles. The van der Waals surface area contributed by atoms with Crippen LogP contribution in [0.3, 0.4) is 0 Å². The van der Waals surface area contributed by atoms with E-state index in [1.54, 1.807) is 7.05 Å². The van der Waals surface area contributed by atoms with Crippen LogP contribution in [-0.2, 0) is 9.59 Å². The summed E-state index contributed by atoms with van der Waals surface area (Å²) < 4.78 is 0. The smallest absolute Gasteiger partial charge is 0.249 e. The molecule has 2 atom stereocenters. The molecule has 1 aromatic rings.